The molecule has 3 atom stereocenters. The summed E-state index contributed by atoms with van der Waals surface area (Å²) < 4.78 is 6.35. The number of nitro benzene ring substituents is 1. The molecule has 5 heteroatoms. The van der Waals surface area contributed by atoms with Crippen molar-refractivity contribution in [2.24, 2.45) is 0 Å². The van der Waals surface area contributed by atoms with Gasteiger partial charge in [0.2, 0.25) is 0 Å². The van der Waals surface area contributed by atoms with E-state index < -0.39 is 0 Å². The minimum Gasteiger partial charge on any atom is -0.365 e. The maximum atomic E-state index is 11.4. The average molecular weight is 315 g/mol. The number of nitrogens with zero attached hydrogens (tertiary/aromatic N) is 1. The molecule has 0 spiro atoms. The summed E-state index contributed by atoms with van der Waals surface area (Å²) in [5.41, 5.74) is 1.96. The summed E-state index contributed by atoms with van der Waals surface area (Å²) in [4.78, 5) is 12.4. The second-order valence-corrected chi connectivity index (χ2v) is 6.95. The van der Waals surface area contributed by atoms with Gasteiger partial charge in [-0.1, -0.05) is 25.0 Å². The first kappa shape index (κ1) is 13.9. The zero-order valence-electron chi connectivity index (χ0n) is 12.1. The third kappa shape index (κ3) is 2.16. The molecule has 1 saturated carbocycles. The highest BCUT2D eigenvalue weighted by atomic mass is 32.1. The molecule has 0 saturated heterocycles. The van der Waals surface area contributed by atoms with E-state index in [1.165, 1.54) is 24.1 Å². The summed E-state index contributed by atoms with van der Waals surface area (Å²) >= 11 is 1.77. The molecule has 2 aromatic rings. The lowest BCUT2D eigenvalue weighted by Crippen LogP contribution is -2.32. The van der Waals surface area contributed by atoms with Crippen molar-refractivity contribution in [2.75, 3.05) is 0 Å². The van der Waals surface area contributed by atoms with Crippen LogP contribution in [0.5, 0.6) is 0 Å². The lowest BCUT2D eigenvalue weighted by molar-refractivity contribution is -0.386. The quantitative estimate of drug-likeness (QED) is 0.590. The minimum atomic E-state index is -0.308. The highest BCUT2D eigenvalue weighted by Gasteiger charge is 2.40. The molecule has 0 unspecified atom stereocenters. The van der Waals surface area contributed by atoms with Gasteiger partial charge in [-0.2, -0.15) is 0 Å². The van der Waals surface area contributed by atoms with Gasteiger partial charge in [-0.25, -0.2) is 0 Å². The van der Waals surface area contributed by atoms with E-state index in [9.17, 15) is 10.1 Å². The van der Waals surface area contributed by atoms with Crippen molar-refractivity contribution >= 4 is 17.0 Å². The fraction of sp³-hybridized carbons (Fsp3) is 0.412. The fourth-order valence-electron chi connectivity index (χ4n) is 3.77. The Bertz CT molecular complexity index is 711. The molecule has 0 N–H and O–H groups in total. The van der Waals surface area contributed by atoms with E-state index in [1.807, 2.05) is 12.1 Å². The number of nitro groups is 1. The smallest absolute Gasteiger partial charge is 0.275 e. The number of thiophene rings is 1. The molecule has 4 rings (SSSR count). The molecule has 0 radical (unpaired) electrons. The topological polar surface area (TPSA) is 52.4 Å². The van der Waals surface area contributed by atoms with Gasteiger partial charge in [0.15, 0.2) is 0 Å². The summed E-state index contributed by atoms with van der Waals surface area (Å²) in [5.74, 6) is 0.475. The summed E-state index contributed by atoms with van der Waals surface area (Å²) in [6.07, 6.45) is 4.55. The molecule has 0 bridgehead atoms. The van der Waals surface area contributed by atoms with Crippen LogP contribution in [0.3, 0.4) is 0 Å². The average Bonchev–Trinajstić information content (AvgIpc) is 3.04. The molecule has 1 aliphatic heterocycles. The van der Waals surface area contributed by atoms with Crippen LogP contribution in [-0.4, -0.2) is 11.0 Å². The van der Waals surface area contributed by atoms with Crippen molar-refractivity contribution in [3.05, 3.63) is 61.8 Å². The van der Waals surface area contributed by atoms with Crippen molar-refractivity contribution in [1.29, 1.82) is 0 Å². The number of fused-ring (bicyclic) bond motifs is 3. The molecule has 114 valence electrons. The molecule has 22 heavy (non-hydrogen) atoms. The summed E-state index contributed by atoms with van der Waals surface area (Å²) in [6, 6.07) is 9.03. The van der Waals surface area contributed by atoms with Gasteiger partial charge in [-0.05, 0) is 35.9 Å². The third-order valence-electron chi connectivity index (χ3n) is 4.78. The van der Waals surface area contributed by atoms with Crippen molar-refractivity contribution in [3.63, 3.8) is 0 Å². The molecule has 1 aromatic carbocycles. The van der Waals surface area contributed by atoms with E-state index in [0.29, 0.717) is 11.5 Å². The maximum absolute atomic E-state index is 11.4. The van der Waals surface area contributed by atoms with E-state index in [1.54, 1.807) is 23.5 Å². The Labute approximate surface area is 132 Å². The Morgan fingerprint density at radius 3 is 2.82 bits per heavy atom. The van der Waals surface area contributed by atoms with E-state index in [2.05, 4.69) is 11.4 Å². The summed E-state index contributed by atoms with van der Waals surface area (Å²) in [5, 5.41) is 13.4. The maximum Gasteiger partial charge on any atom is 0.275 e. The Morgan fingerprint density at radius 1 is 1.14 bits per heavy atom. The first-order valence-corrected chi connectivity index (χ1v) is 8.59. The van der Waals surface area contributed by atoms with E-state index in [0.717, 1.165) is 12.0 Å². The van der Waals surface area contributed by atoms with Crippen LogP contribution in [0.1, 0.15) is 53.7 Å². The minimum absolute atomic E-state index is 0.152. The summed E-state index contributed by atoms with van der Waals surface area (Å²) in [6.45, 7) is 0. The van der Waals surface area contributed by atoms with Crippen molar-refractivity contribution in [3.8, 4) is 0 Å². The molecule has 2 aliphatic rings. The molecular weight excluding hydrogens is 298 g/mol. The largest absolute Gasteiger partial charge is 0.365 e. The standard InChI is InChI=1S/C17H17NO3S/c19-18(20)14-7-3-1-5-11(14)16-13-9-10-22-17(13)12-6-2-4-8-15(12)21-16/h1,3,5,7,9-10,12,15-16H,2,4,6,8H2/t12-,15+,16-/m0/s1. The van der Waals surface area contributed by atoms with Crippen molar-refractivity contribution < 1.29 is 9.66 Å². The number of ether oxygens (including phenoxy) is 1. The number of rotatable bonds is 2. The molecule has 4 nitrogen and oxygen atoms in total. The highest BCUT2D eigenvalue weighted by molar-refractivity contribution is 7.10. The van der Waals surface area contributed by atoms with Gasteiger partial charge in [-0.15, -0.1) is 11.3 Å². The van der Waals surface area contributed by atoms with Crippen LogP contribution < -0.4 is 0 Å². The number of para-hydroxylation sites is 1. The van der Waals surface area contributed by atoms with Crippen LogP contribution in [0.15, 0.2) is 35.7 Å². The van der Waals surface area contributed by atoms with E-state index >= 15 is 0 Å². The van der Waals surface area contributed by atoms with Gasteiger partial charge < -0.3 is 4.74 Å². The monoisotopic (exact) mass is 315 g/mol. The SMILES string of the molecule is O=[N+]([O-])c1ccccc1[C@@H]1O[C@@H]2CCCC[C@@H]2c2sccc21. The predicted molar refractivity (Wildman–Crippen MR) is 85.3 cm³/mol. The normalized spacial score (nSPS) is 27.0. The van der Waals surface area contributed by atoms with Gasteiger partial charge in [0, 0.05) is 16.9 Å². The molecule has 1 fully saturated rings. The van der Waals surface area contributed by atoms with Crippen LogP contribution in [-0.2, 0) is 4.74 Å². The molecule has 0 amide bonds. The van der Waals surface area contributed by atoms with Crippen LogP contribution in [0.4, 0.5) is 5.69 Å². The van der Waals surface area contributed by atoms with Crippen LogP contribution in [0.2, 0.25) is 0 Å². The lowest BCUT2D eigenvalue weighted by atomic mass is 9.80. The number of benzene rings is 1. The zero-order valence-corrected chi connectivity index (χ0v) is 12.9. The van der Waals surface area contributed by atoms with Crippen LogP contribution in [0, 0.1) is 10.1 Å². The van der Waals surface area contributed by atoms with Gasteiger partial charge in [0.1, 0.15) is 6.10 Å². The Balaban J connectivity index is 1.81. The third-order valence-corrected chi connectivity index (χ3v) is 5.84. The molecular formula is C17H17NO3S. The molecule has 1 aliphatic carbocycles. The first-order valence-electron chi connectivity index (χ1n) is 7.72. The fourth-order valence-corrected chi connectivity index (χ4v) is 4.89. The number of hydrogen-bond acceptors (Lipinski definition) is 4. The molecule has 2 heterocycles. The zero-order chi connectivity index (χ0) is 15.1. The van der Waals surface area contributed by atoms with Gasteiger partial charge >= 0.3 is 0 Å². The second-order valence-electron chi connectivity index (χ2n) is 6.00. The second kappa shape index (κ2) is 5.48. The Kier molecular flexibility index (Phi) is 3.47. The number of hydrogen-bond donors (Lipinski definition) is 0. The van der Waals surface area contributed by atoms with Gasteiger partial charge in [0.25, 0.3) is 5.69 Å². The van der Waals surface area contributed by atoms with Crippen LogP contribution >= 0.6 is 11.3 Å². The van der Waals surface area contributed by atoms with Crippen LogP contribution in [0.25, 0.3) is 0 Å². The highest BCUT2D eigenvalue weighted by Crippen LogP contribution is 2.49. The van der Waals surface area contributed by atoms with Crippen molar-refractivity contribution in [1.82, 2.24) is 0 Å². The van der Waals surface area contributed by atoms with E-state index in [4.69, 9.17) is 4.74 Å². The predicted octanol–water partition coefficient (Wildman–Crippen LogP) is 4.80. The summed E-state index contributed by atoms with van der Waals surface area (Å²) in [7, 11) is 0. The Hall–Kier alpha value is -1.72. The van der Waals surface area contributed by atoms with E-state index in [-0.39, 0.29) is 22.8 Å². The molecule has 1 aromatic heterocycles. The van der Waals surface area contributed by atoms with Gasteiger partial charge in [-0.3, -0.25) is 10.1 Å². The first-order chi connectivity index (χ1) is 10.8. The van der Waals surface area contributed by atoms with Crippen molar-refractivity contribution in [2.45, 2.75) is 43.8 Å². The Morgan fingerprint density at radius 2 is 1.95 bits per heavy atom. The van der Waals surface area contributed by atoms with Gasteiger partial charge in [0.05, 0.1) is 16.6 Å². The lowest BCUT2D eigenvalue weighted by Gasteiger charge is -2.39.